The molecule has 0 unspecified atom stereocenters. The molecule has 3 heterocycles. The number of methoxy groups -OCH3 is 2. The van der Waals surface area contributed by atoms with Gasteiger partial charge in [0.05, 0.1) is 24.7 Å². The molecule has 1 aliphatic carbocycles. The number of hydrogen-bond donors (Lipinski definition) is 1. The van der Waals surface area contributed by atoms with Gasteiger partial charge >= 0.3 is 5.97 Å². The Hall–Kier alpha value is -1.94. The quantitative estimate of drug-likeness (QED) is 0.490. The van der Waals surface area contributed by atoms with Gasteiger partial charge < -0.3 is 24.4 Å². The highest BCUT2D eigenvalue weighted by molar-refractivity contribution is 6.30. The second kappa shape index (κ2) is 12.5. The Balaban J connectivity index is 1.30. The summed E-state index contributed by atoms with van der Waals surface area (Å²) in [6.45, 7) is 2.81. The third kappa shape index (κ3) is 6.13. The van der Waals surface area contributed by atoms with Crippen molar-refractivity contribution in [3.63, 3.8) is 0 Å². The second-order valence-electron chi connectivity index (χ2n) is 12.2. The molecule has 1 saturated carbocycles. The lowest BCUT2D eigenvalue weighted by molar-refractivity contribution is -0.145. The SMILES string of the molecule is COC[C@@H]1C[C@@H](c2ccc(Cl)cc2N2CCC(C(=O)O)CC2)CN1C(=O)[C@@]1(F)CCN(C2CCC(OC)CC2)C1. The first kappa shape index (κ1) is 29.5. The average Bonchev–Trinajstić information content (AvgIpc) is 3.57. The number of halogens is 2. The number of carboxylic acids is 1. The van der Waals surface area contributed by atoms with Gasteiger partial charge in [0.1, 0.15) is 0 Å². The van der Waals surface area contributed by atoms with Crippen molar-refractivity contribution in [2.24, 2.45) is 5.92 Å². The van der Waals surface area contributed by atoms with E-state index in [1.165, 1.54) is 0 Å². The molecule has 1 aromatic carbocycles. The maximum atomic E-state index is 16.4. The zero-order chi connectivity index (χ0) is 28.4. The van der Waals surface area contributed by atoms with Crippen molar-refractivity contribution in [1.29, 1.82) is 0 Å². The van der Waals surface area contributed by atoms with E-state index in [1.54, 1.807) is 19.1 Å². The van der Waals surface area contributed by atoms with Gasteiger partial charge in [-0.3, -0.25) is 14.5 Å². The number of aliphatic carboxylic acids is 1. The number of carbonyl (C=O) groups is 2. The predicted octanol–water partition coefficient (Wildman–Crippen LogP) is 4.34. The van der Waals surface area contributed by atoms with Crippen LogP contribution in [0.3, 0.4) is 0 Å². The molecule has 222 valence electrons. The van der Waals surface area contributed by atoms with Crippen LogP contribution in [0.1, 0.15) is 62.8 Å². The van der Waals surface area contributed by atoms with E-state index in [1.807, 2.05) is 18.2 Å². The van der Waals surface area contributed by atoms with Gasteiger partial charge in [0, 0.05) is 76.0 Å². The molecule has 4 aliphatic rings. The molecule has 0 radical (unpaired) electrons. The van der Waals surface area contributed by atoms with Crippen LogP contribution in [0.2, 0.25) is 5.02 Å². The summed E-state index contributed by atoms with van der Waals surface area (Å²) in [6, 6.07) is 5.92. The number of alkyl halides is 1. The Morgan fingerprint density at radius 1 is 1.10 bits per heavy atom. The largest absolute Gasteiger partial charge is 0.481 e. The van der Waals surface area contributed by atoms with Gasteiger partial charge in [-0.1, -0.05) is 17.7 Å². The first-order chi connectivity index (χ1) is 19.2. The van der Waals surface area contributed by atoms with Crippen molar-refractivity contribution in [1.82, 2.24) is 9.80 Å². The maximum Gasteiger partial charge on any atom is 0.306 e. The molecule has 3 saturated heterocycles. The van der Waals surface area contributed by atoms with E-state index in [4.69, 9.17) is 21.1 Å². The minimum atomic E-state index is -1.89. The van der Waals surface area contributed by atoms with E-state index in [-0.39, 0.29) is 36.9 Å². The Morgan fingerprint density at radius 3 is 2.48 bits per heavy atom. The number of hydrogen-bond acceptors (Lipinski definition) is 6. The number of amides is 1. The number of likely N-dealkylation sites (tertiary alicyclic amines) is 2. The number of piperidine rings is 1. The van der Waals surface area contributed by atoms with Crippen LogP contribution in [0.25, 0.3) is 0 Å². The standard InChI is InChI=1S/C30H43ClFN3O5/c1-39-18-24-15-21(26-8-3-22(31)16-27(26)33-12-9-20(10-13-33)28(36)37)17-35(24)29(38)30(32)11-14-34(19-30)23-4-6-25(40-2)7-5-23/h3,8,16,20-21,23-25H,4-7,9-15,17-19H2,1-2H3,(H,36,37)/t21-,23?,24+,25?,30-/m1/s1. The minimum absolute atomic E-state index is 0.0130. The van der Waals surface area contributed by atoms with E-state index in [0.717, 1.165) is 36.9 Å². The van der Waals surface area contributed by atoms with Crippen LogP contribution in [0.5, 0.6) is 0 Å². The van der Waals surface area contributed by atoms with E-state index < -0.39 is 17.5 Å². The van der Waals surface area contributed by atoms with Gasteiger partial charge in [0.15, 0.2) is 0 Å². The monoisotopic (exact) mass is 579 g/mol. The Bertz CT molecular complexity index is 1060. The van der Waals surface area contributed by atoms with Crippen molar-refractivity contribution in [2.75, 3.05) is 58.5 Å². The van der Waals surface area contributed by atoms with Gasteiger partial charge in [0.25, 0.3) is 5.91 Å². The van der Waals surface area contributed by atoms with Crippen molar-refractivity contribution >= 4 is 29.2 Å². The van der Waals surface area contributed by atoms with Crippen LogP contribution in [-0.4, -0.2) is 104 Å². The third-order valence-electron chi connectivity index (χ3n) is 9.78. The number of nitrogens with zero attached hydrogens (tertiary/aromatic N) is 3. The fourth-order valence-electron chi connectivity index (χ4n) is 7.43. The summed E-state index contributed by atoms with van der Waals surface area (Å²) in [4.78, 5) is 31.4. The Kier molecular flexibility index (Phi) is 9.24. The highest BCUT2D eigenvalue weighted by atomic mass is 35.5. The van der Waals surface area contributed by atoms with Crippen LogP contribution in [0, 0.1) is 5.92 Å². The summed E-state index contributed by atoms with van der Waals surface area (Å²) in [5, 5.41) is 10.0. The van der Waals surface area contributed by atoms with Crippen LogP contribution in [0.4, 0.5) is 10.1 Å². The van der Waals surface area contributed by atoms with Gasteiger partial charge in [-0.25, -0.2) is 4.39 Å². The van der Waals surface area contributed by atoms with Crippen LogP contribution in [0.15, 0.2) is 18.2 Å². The number of carbonyl (C=O) groups excluding carboxylic acids is 1. The number of anilines is 1. The van der Waals surface area contributed by atoms with Gasteiger partial charge in [-0.05, 0) is 62.6 Å². The van der Waals surface area contributed by atoms with E-state index in [0.29, 0.717) is 63.1 Å². The Morgan fingerprint density at radius 2 is 1.82 bits per heavy atom. The second-order valence-corrected chi connectivity index (χ2v) is 12.6. The lowest BCUT2D eigenvalue weighted by atomic mass is 9.92. The molecule has 1 amide bonds. The molecule has 40 heavy (non-hydrogen) atoms. The maximum absolute atomic E-state index is 16.4. The molecule has 0 bridgehead atoms. The zero-order valence-corrected chi connectivity index (χ0v) is 24.5. The summed E-state index contributed by atoms with van der Waals surface area (Å²) >= 11 is 6.41. The molecule has 3 aliphatic heterocycles. The fraction of sp³-hybridized carbons (Fsp3) is 0.733. The van der Waals surface area contributed by atoms with Crippen LogP contribution in [-0.2, 0) is 19.1 Å². The predicted molar refractivity (Wildman–Crippen MR) is 152 cm³/mol. The molecule has 4 fully saturated rings. The first-order valence-corrected chi connectivity index (χ1v) is 15.1. The van der Waals surface area contributed by atoms with E-state index in [9.17, 15) is 14.7 Å². The summed E-state index contributed by atoms with van der Waals surface area (Å²) in [5.41, 5.74) is 0.173. The fourth-order valence-corrected chi connectivity index (χ4v) is 7.60. The minimum Gasteiger partial charge on any atom is -0.481 e. The lowest BCUT2D eigenvalue weighted by Gasteiger charge is -2.35. The first-order valence-electron chi connectivity index (χ1n) is 14.8. The highest BCUT2D eigenvalue weighted by Crippen LogP contribution is 2.42. The number of rotatable bonds is 8. The lowest BCUT2D eigenvalue weighted by Crippen LogP contribution is -2.51. The highest BCUT2D eigenvalue weighted by Gasteiger charge is 2.52. The molecule has 8 nitrogen and oxygen atoms in total. The number of benzene rings is 1. The van der Waals surface area contributed by atoms with Gasteiger partial charge in [-0.2, -0.15) is 0 Å². The van der Waals surface area contributed by atoms with Crippen molar-refractivity contribution in [3.8, 4) is 0 Å². The molecule has 1 aromatic rings. The summed E-state index contributed by atoms with van der Waals surface area (Å²) in [5.74, 6) is -1.47. The van der Waals surface area contributed by atoms with Gasteiger partial charge in [-0.15, -0.1) is 0 Å². The Labute approximate surface area is 241 Å². The smallest absolute Gasteiger partial charge is 0.306 e. The summed E-state index contributed by atoms with van der Waals surface area (Å²) < 4.78 is 27.4. The van der Waals surface area contributed by atoms with Crippen molar-refractivity contribution in [3.05, 3.63) is 28.8 Å². The molecule has 5 rings (SSSR count). The van der Waals surface area contributed by atoms with Gasteiger partial charge in [0.2, 0.25) is 5.67 Å². The number of ether oxygens (including phenoxy) is 2. The number of carboxylic acid groups (broad SMARTS) is 1. The average molecular weight is 580 g/mol. The molecule has 0 aromatic heterocycles. The zero-order valence-electron chi connectivity index (χ0n) is 23.7. The van der Waals surface area contributed by atoms with Crippen LogP contribution < -0.4 is 4.90 Å². The molecule has 10 heteroatoms. The third-order valence-corrected chi connectivity index (χ3v) is 10.0. The topological polar surface area (TPSA) is 82.5 Å². The summed E-state index contributed by atoms with van der Waals surface area (Å²) in [6.07, 6.45) is 6.26. The van der Waals surface area contributed by atoms with Crippen molar-refractivity contribution in [2.45, 2.75) is 81.1 Å². The molecular formula is C30H43ClFN3O5. The normalized spacial score (nSPS) is 32.1. The molecule has 3 atom stereocenters. The van der Waals surface area contributed by atoms with E-state index in [2.05, 4.69) is 9.80 Å². The van der Waals surface area contributed by atoms with E-state index >= 15 is 4.39 Å². The summed E-state index contributed by atoms with van der Waals surface area (Å²) in [7, 11) is 3.37. The molecular weight excluding hydrogens is 537 g/mol. The van der Waals surface area contributed by atoms with Crippen LogP contribution >= 0.6 is 11.6 Å². The molecule has 0 spiro atoms. The molecule has 1 N–H and O–H groups in total. The van der Waals surface area contributed by atoms with Crippen molar-refractivity contribution < 1.29 is 28.6 Å².